The van der Waals surface area contributed by atoms with Gasteiger partial charge in [-0.2, -0.15) is 0 Å². The molecule has 0 aromatic heterocycles. The van der Waals surface area contributed by atoms with E-state index < -0.39 is 0 Å². The Morgan fingerprint density at radius 2 is 2.10 bits per heavy atom. The van der Waals surface area contributed by atoms with Gasteiger partial charge in [-0.25, -0.2) is 0 Å². The van der Waals surface area contributed by atoms with Crippen molar-refractivity contribution in [3.63, 3.8) is 0 Å². The molecule has 2 aliphatic heterocycles. The molecule has 0 aliphatic carbocycles. The highest BCUT2D eigenvalue weighted by Gasteiger charge is 2.27. The summed E-state index contributed by atoms with van der Waals surface area (Å²) in [7, 11) is 2.06. The van der Waals surface area contributed by atoms with E-state index in [0.717, 1.165) is 38.7 Å². The normalized spacial score (nSPS) is 30.0. The largest absolute Gasteiger partial charge is 0.374 e. The second-order valence-electron chi connectivity index (χ2n) is 6.85. The SMILES string of the molecule is CNCC1CCCCN1CC1CN(CC(C)C)CCO1. The van der Waals surface area contributed by atoms with Gasteiger partial charge in [-0.3, -0.25) is 9.80 Å². The minimum absolute atomic E-state index is 0.403. The summed E-state index contributed by atoms with van der Waals surface area (Å²) in [6.07, 6.45) is 4.47. The van der Waals surface area contributed by atoms with Gasteiger partial charge in [0.2, 0.25) is 0 Å². The smallest absolute Gasteiger partial charge is 0.0829 e. The van der Waals surface area contributed by atoms with Crippen LogP contribution in [0.1, 0.15) is 33.1 Å². The minimum atomic E-state index is 0.403. The van der Waals surface area contributed by atoms with Crippen LogP contribution < -0.4 is 5.32 Å². The van der Waals surface area contributed by atoms with Crippen molar-refractivity contribution < 1.29 is 4.74 Å². The maximum Gasteiger partial charge on any atom is 0.0829 e. The molecule has 0 saturated carbocycles. The number of rotatable bonds is 6. The number of likely N-dealkylation sites (tertiary alicyclic amines) is 1. The van der Waals surface area contributed by atoms with E-state index in [4.69, 9.17) is 4.74 Å². The van der Waals surface area contributed by atoms with Crippen LogP contribution in [0.2, 0.25) is 0 Å². The molecule has 4 nitrogen and oxygen atoms in total. The number of nitrogens with one attached hydrogen (secondary N) is 1. The fourth-order valence-corrected chi connectivity index (χ4v) is 3.60. The van der Waals surface area contributed by atoms with Crippen LogP contribution in [0.4, 0.5) is 0 Å². The van der Waals surface area contributed by atoms with Gasteiger partial charge < -0.3 is 10.1 Å². The highest BCUT2D eigenvalue weighted by Crippen LogP contribution is 2.18. The van der Waals surface area contributed by atoms with E-state index in [-0.39, 0.29) is 0 Å². The Morgan fingerprint density at radius 1 is 1.25 bits per heavy atom. The van der Waals surface area contributed by atoms with Crippen LogP contribution in [0.25, 0.3) is 0 Å². The number of ether oxygens (including phenoxy) is 1. The molecule has 2 rings (SSSR count). The predicted molar refractivity (Wildman–Crippen MR) is 84.2 cm³/mol. The molecule has 0 spiro atoms. The van der Waals surface area contributed by atoms with Gasteiger partial charge in [-0.05, 0) is 32.4 Å². The quantitative estimate of drug-likeness (QED) is 0.798. The van der Waals surface area contributed by atoms with E-state index in [1.54, 1.807) is 0 Å². The van der Waals surface area contributed by atoms with Crippen LogP contribution in [0.15, 0.2) is 0 Å². The maximum atomic E-state index is 6.02. The van der Waals surface area contributed by atoms with E-state index >= 15 is 0 Å². The van der Waals surface area contributed by atoms with Gasteiger partial charge in [-0.15, -0.1) is 0 Å². The van der Waals surface area contributed by atoms with Crippen molar-refractivity contribution in [2.24, 2.45) is 5.92 Å². The fraction of sp³-hybridized carbons (Fsp3) is 1.00. The van der Waals surface area contributed by atoms with Gasteiger partial charge in [0.05, 0.1) is 12.7 Å². The zero-order valence-electron chi connectivity index (χ0n) is 13.6. The number of piperidine rings is 1. The molecule has 0 aromatic carbocycles. The predicted octanol–water partition coefficient (Wildman–Crippen LogP) is 1.42. The summed E-state index contributed by atoms with van der Waals surface area (Å²) < 4.78 is 6.02. The van der Waals surface area contributed by atoms with Gasteiger partial charge in [0.15, 0.2) is 0 Å². The first-order valence-corrected chi connectivity index (χ1v) is 8.41. The summed E-state index contributed by atoms with van der Waals surface area (Å²) in [4.78, 5) is 5.24. The maximum absolute atomic E-state index is 6.02. The van der Waals surface area contributed by atoms with Crippen LogP contribution in [0, 0.1) is 5.92 Å². The van der Waals surface area contributed by atoms with E-state index in [1.165, 1.54) is 32.4 Å². The number of nitrogens with zero attached hydrogens (tertiary/aromatic N) is 2. The first kappa shape index (κ1) is 16.2. The number of hydrogen-bond acceptors (Lipinski definition) is 4. The van der Waals surface area contributed by atoms with Crippen molar-refractivity contribution in [1.82, 2.24) is 15.1 Å². The van der Waals surface area contributed by atoms with Gasteiger partial charge in [0.25, 0.3) is 0 Å². The van der Waals surface area contributed by atoms with Gasteiger partial charge in [0.1, 0.15) is 0 Å². The van der Waals surface area contributed by atoms with Crippen molar-refractivity contribution in [2.75, 3.05) is 52.9 Å². The van der Waals surface area contributed by atoms with E-state index in [0.29, 0.717) is 12.1 Å². The fourth-order valence-electron chi connectivity index (χ4n) is 3.60. The number of morpholine rings is 1. The summed E-state index contributed by atoms with van der Waals surface area (Å²) >= 11 is 0. The molecule has 2 aliphatic rings. The Balaban J connectivity index is 1.81. The second kappa shape index (κ2) is 8.32. The van der Waals surface area contributed by atoms with Crippen LogP contribution in [-0.2, 0) is 4.74 Å². The van der Waals surface area contributed by atoms with Gasteiger partial charge in [0, 0.05) is 38.8 Å². The van der Waals surface area contributed by atoms with E-state index in [9.17, 15) is 0 Å². The summed E-state index contributed by atoms with van der Waals surface area (Å²) in [5.74, 6) is 0.751. The molecule has 2 unspecified atom stereocenters. The summed E-state index contributed by atoms with van der Waals surface area (Å²) in [5, 5.41) is 3.35. The van der Waals surface area contributed by atoms with Crippen LogP contribution >= 0.6 is 0 Å². The van der Waals surface area contributed by atoms with Crippen molar-refractivity contribution in [2.45, 2.75) is 45.3 Å². The van der Waals surface area contributed by atoms with E-state index in [2.05, 4.69) is 36.0 Å². The molecule has 0 amide bonds. The molecular weight excluding hydrogens is 250 g/mol. The third-order valence-electron chi connectivity index (χ3n) is 4.47. The highest BCUT2D eigenvalue weighted by molar-refractivity contribution is 4.83. The minimum Gasteiger partial charge on any atom is -0.374 e. The molecular formula is C16H33N3O. The molecule has 2 saturated heterocycles. The molecule has 2 heterocycles. The molecule has 0 aromatic rings. The zero-order valence-corrected chi connectivity index (χ0v) is 13.6. The molecule has 1 N–H and O–H groups in total. The average Bonchev–Trinajstić information content (AvgIpc) is 2.41. The topological polar surface area (TPSA) is 27.7 Å². The van der Waals surface area contributed by atoms with Gasteiger partial charge in [-0.1, -0.05) is 20.3 Å². The molecule has 2 atom stereocenters. The van der Waals surface area contributed by atoms with Crippen molar-refractivity contribution in [3.05, 3.63) is 0 Å². The molecule has 20 heavy (non-hydrogen) atoms. The van der Waals surface area contributed by atoms with Crippen molar-refractivity contribution >= 4 is 0 Å². The Bertz CT molecular complexity index is 270. The lowest BCUT2D eigenvalue weighted by Gasteiger charge is -2.41. The standard InChI is InChI=1S/C16H33N3O/c1-14(2)11-18-8-9-20-16(12-18)13-19-7-5-4-6-15(19)10-17-3/h14-17H,4-13H2,1-3H3. The summed E-state index contributed by atoms with van der Waals surface area (Å²) in [6, 6.07) is 0.706. The summed E-state index contributed by atoms with van der Waals surface area (Å²) in [6.45, 7) is 12.4. The Kier molecular flexibility index (Phi) is 6.75. The highest BCUT2D eigenvalue weighted by atomic mass is 16.5. The number of likely N-dealkylation sites (N-methyl/N-ethyl adjacent to an activating group) is 1. The lowest BCUT2D eigenvalue weighted by Crippen LogP contribution is -2.53. The molecule has 2 fully saturated rings. The lowest BCUT2D eigenvalue weighted by molar-refractivity contribution is -0.0542. The lowest BCUT2D eigenvalue weighted by atomic mass is 10.0. The molecule has 0 bridgehead atoms. The molecule has 118 valence electrons. The first-order valence-electron chi connectivity index (χ1n) is 8.41. The van der Waals surface area contributed by atoms with Crippen molar-refractivity contribution in [3.8, 4) is 0 Å². The molecule has 0 radical (unpaired) electrons. The molecule has 4 heteroatoms. The first-order chi connectivity index (χ1) is 9.69. The monoisotopic (exact) mass is 283 g/mol. The Hall–Kier alpha value is -0.160. The van der Waals surface area contributed by atoms with Crippen LogP contribution in [0.3, 0.4) is 0 Å². The third-order valence-corrected chi connectivity index (χ3v) is 4.47. The summed E-state index contributed by atoms with van der Waals surface area (Å²) in [5.41, 5.74) is 0. The van der Waals surface area contributed by atoms with Crippen LogP contribution in [0.5, 0.6) is 0 Å². The van der Waals surface area contributed by atoms with Gasteiger partial charge >= 0.3 is 0 Å². The Labute approximate surface area is 124 Å². The third kappa shape index (κ3) is 4.99. The zero-order chi connectivity index (χ0) is 14.4. The number of hydrogen-bond donors (Lipinski definition) is 1. The van der Waals surface area contributed by atoms with Crippen LogP contribution in [-0.4, -0.2) is 74.9 Å². The Morgan fingerprint density at radius 3 is 2.85 bits per heavy atom. The van der Waals surface area contributed by atoms with E-state index in [1.807, 2.05) is 0 Å². The average molecular weight is 283 g/mol. The van der Waals surface area contributed by atoms with Crippen molar-refractivity contribution in [1.29, 1.82) is 0 Å². The second-order valence-corrected chi connectivity index (χ2v) is 6.85.